The summed E-state index contributed by atoms with van der Waals surface area (Å²) in [4.78, 5) is 0. The van der Waals surface area contributed by atoms with Gasteiger partial charge in [-0.15, -0.1) is 11.6 Å². The fourth-order valence-electron chi connectivity index (χ4n) is 0.932. The molecule has 1 N–H and O–H groups in total. The zero-order chi connectivity index (χ0) is 9.68. The van der Waals surface area contributed by atoms with Crippen LogP contribution in [0.5, 0.6) is 5.75 Å². The van der Waals surface area contributed by atoms with Gasteiger partial charge < -0.3 is 5.11 Å². The highest BCUT2D eigenvalue weighted by Crippen LogP contribution is 2.16. The van der Waals surface area contributed by atoms with E-state index in [9.17, 15) is 4.39 Å². The lowest BCUT2D eigenvalue weighted by Gasteiger charge is -1.97. The van der Waals surface area contributed by atoms with Crippen molar-refractivity contribution >= 4 is 17.7 Å². The van der Waals surface area contributed by atoms with Gasteiger partial charge in [-0.05, 0) is 24.6 Å². The second-order valence-electron chi connectivity index (χ2n) is 2.59. The Morgan fingerprint density at radius 1 is 1.46 bits per heavy atom. The van der Waals surface area contributed by atoms with Gasteiger partial charge in [0.25, 0.3) is 0 Å². The molecule has 1 rings (SSSR count). The van der Waals surface area contributed by atoms with Crippen LogP contribution in [0.4, 0.5) is 4.39 Å². The summed E-state index contributed by atoms with van der Waals surface area (Å²) < 4.78 is 13.0. The highest BCUT2D eigenvalue weighted by molar-refractivity contribution is 6.17. The monoisotopic (exact) mass is 200 g/mol. The van der Waals surface area contributed by atoms with E-state index >= 15 is 0 Å². The predicted molar refractivity (Wildman–Crippen MR) is 52.4 cm³/mol. The van der Waals surface area contributed by atoms with Crippen LogP contribution in [0.25, 0.3) is 6.08 Å². The molecule has 0 unspecified atom stereocenters. The molecule has 0 radical (unpaired) electrons. The number of halogens is 2. The van der Waals surface area contributed by atoms with Crippen LogP contribution in [0.1, 0.15) is 12.0 Å². The van der Waals surface area contributed by atoms with Crippen LogP contribution in [0.3, 0.4) is 0 Å². The lowest BCUT2D eigenvalue weighted by atomic mass is 10.2. The summed E-state index contributed by atoms with van der Waals surface area (Å²) >= 11 is 5.44. The van der Waals surface area contributed by atoms with Crippen LogP contribution >= 0.6 is 11.6 Å². The second kappa shape index (κ2) is 4.87. The molecule has 0 aromatic heterocycles. The molecule has 1 nitrogen and oxygen atoms in total. The SMILES string of the molecule is Oc1ccc(F)c(C=CCCCl)c1. The third-order valence-electron chi connectivity index (χ3n) is 1.55. The molecule has 0 spiro atoms. The van der Waals surface area contributed by atoms with Gasteiger partial charge in [-0.3, -0.25) is 0 Å². The lowest BCUT2D eigenvalue weighted by Crippen LogP contribution is -1.80. The van der Waals surface area contributed by atoms with Gasteiger partial charge in [0.1, 0.15) is 11.6 Å². The highest BCUT2D eigenvalue weighted by Gasteiger charge is 1.98. The average Bonchev–Trinajstić information content (AvgIpc) is 2.11. The first-order valence-electron chi connectivity index (χ1n) is 3.95. The van der Waals surface area contributed by atoms with Crippen molar-refractivity contribution in [2.24, 2.45) is 0 Å². The zero-order valence-electron chi connectivity index (χ0n) is 7.00. The normalized spacial score (nSPS) is 10.9. The summed E-state index contributed by atoms with van der Waals surface area (Å²) in [6, 6.07) is 3.92. The van der Waals surface area contributed by atoms with E-state index in [0.717, 1.165) is 0 Å². The van der Waals surface area contributed by atoms with Crippen LogP contribution in [0.2, 0.25) is 0 Å². The summed E-state index contributed by atoms with van der Waals surface area (Å²) in [6.45, 7) is 0. The number of aromatic hydroxyl groups is 1. The van der Waals surface area contributed by atoms with Gasteiger partial charge in [0, 0.05) is 11.4 Å². The Bertz CT molecular complexity index is 310. The summed E-state index contributed by atoms with van der Waals surface area (Å²) in [5, 5.41) is 9.07. The fourth-order valence-corrected chi connectivity index (χ4v) is 1.06. The minimum absolute atomic E-state index is 0.0620. The van der Waals surface area contributed by atoms with Gasteiger partial charge in [-0.25, -0.2) is 4.39 Å². The second-order valence-corrected chi connectivity index (χ2v) is 2.96. The Morgan fingerprint density at radius 2 is 2.23 bits per heavy atom. The molecule has 3 heteroatoms. The van der Waals surface area contributed by atoms with Crippen molar-refractivity contribution in [1.82, 2.24) is 0 Å². The average molecular weight is 201 g/mol. The molecule has 1 aromatic carbocycles. The van der Waals surface area contributed by atoms with E-state index in [0.29, 0.717) is 17.9 Å². The molecule has 0 aliphatic heterocycles. The molecular weight excluding hydrogens is 191 g/mol. The number of hydrogen-bond donors (Lipinski definition) is 1. The number of alkyl halides is 1. The minimum atomic E-state index is -0.344. The van der Waals surface area contributed by atoms with Crippen LogP contribution in [0.15, 0.2) is 24.3 Å². The highest BCUT2D eigenvalue weighted by atomic mass is 35.5. The van der Waals surface area contributed by atoms with Crippen LogP contribution < -0.4 is 0 Å². The Hall–Kier alpha value is -1.02. The van der Waals surface area contributed by atoms with Crippen molar-refractivity contribution in [1.29, 1.82) is 0 Å². The molecule has 0 aliphatic rings. The first-order chi connectivity index (χ1) is 6.24. The maximum Gasteiger partial charge on any atom is 0.130 e. The molecule has 0 saturated carbocycles. The van der Waals surface area contributed by atoms with E-state index < -0.39 is 0 Å². The summed E-state index contributed by atoms with van der Waals surface area (Å²) in [7, 11) is 0. The maximum absolute atomic E-state index is 13.0. The molecule has 0 saturated heterocycles. The molecule has 0 amide bonds. The van der Waals surface area contributed by atoms with Crippen LogP contribution in [0, 0.1) is 5.82 Å². The maximum atomic E-state index is 13.0. The molecule has 0 aliphatic carbocycles. The fraction of sp³-hybridized carbons (Fsp3) is 0.200. The van der Waals surface area contributed by atoms with E-state index in [-0.39, 0.29) is 11.6 Å². The Kier molecular flexibility index (Phi) is 3.77. The Balaban J connectivity index is 2.81. The van der Waals surface area contributed by atoms with E-state index in [1.807, 2.05) is 0 Å². The minimum Gasteiger partial charge on any atom is -0.508 e. The quantitative estimate of drug-likeness (QED) is 0.744. The molecule has 70 valence electrons. The number of hydrogen-bond acceptors (Lipinski definition) is 1. The standard InChI is InChI=1S/C10H10ClFO/c11-6-2-1-3-8-7-9(13)4-5-10(8)12/h1,3-5,7,13H,2,6H2. The number of rotatable bonds is 3. The summed E-state index contributed by atoms with van der Waals surface area (Å²) in [6.07, 6.45) is 4.07. The largest absolute Gasteiger partial charge is 0.508 e. The van der Waals surface area contributed by atoms with Crippen LogP contribution in [-0.2, 0) is 0 Å². The number of phenolic OH excluding ortho intramolecular Hbond substituents is 1. The first-order valence-corrected chi connectivity index (χ1v) is 4.48. The zero-order valence-corrected chi connectivity index (χ0v) is 7.76. The van der Waals surface area contributed by atoms with Gasteiger partial charge in [0.2, 0.25) is 0 Å². The Labute approximate surface area is 81.5 Å². The van der Waals surface area contributed by atoms with Crippen molar-refractivity contribution in [3.8, 4) is 5.75 Å². The molecule has 0 bridgehead atoms. The molecule has 1 aromatic rings. The number of phenols is 1. The van der Waals surface area contributed by atoms with Crippen molar-refractivity contribution in [2.45, 2.75) is 6.42 Å². The van der Waals surface area contributed by atoms with Crippen LogP contribution in [-0.4, -0.2) is 11.0 Å². The Morgan fingerprint density at radius 3 is 2.92 bits per heavy atom. The van der Waals surface area contributed by atoms with Gasteiger partial charge in [-0.2, -0.15) is 0 Å². The van der Waals surface area contributed by atoms with E-state index in [1.165, 1.54) is 18.2 Å². The smallest absolute Gasteiger partial charge is 0.130 e. The van der Waals surface area contributed by atoms with E-state index in [4.69, 9.17) is 16.7 Å². The van der Waals surface area contributed by atoms with Crippen molar-refractivity contribution < 1.29 is 9.50 Å². The first kappa shape index (κ1) is 10.1. The van der Waals surface area contributed by atoms with E-state index in [1.54, 1.807) is 12.2 Å². The predicted octanol–water partition coefficient (Wildman–Crippen LogP) is 3.17. The van der Waals surface area contributed by atoms with E-state index in [2.05, 4.69) is 0 Å². The van der Waals surface area contributed by atoms with Crippen molar-refractivity contribution in [3.05, 3.63) is 35.7 Å². The molecular formula is C10H10ClFO. The topological polar surface area (TPSA) is 20.2 Å². The molecule has 0 heterocycles. The number of benzene rings is 1. The molecule has 13 heavy (non-hydrogen) atoms. The van der Waals surface area contributed by atoms with Gasteiger partial charge in [0.15, 0.2) is 0 Å². The molecule has 0 atom stereocenters. The lowest BCUT2D eigenvalue weighted by molar-refractivity contribution is 0.473. The molecule has 0 fully saturated rings. The number of allylic oxidation sites excluding steroid dienone is 1. The third-order valence-corrected chi connectivity index (χ3v) is 1.77. The third kappa shape index (κ3) is 3.07. The van der Waals surface area contributed by atoms with Gasteiger partial charge >= 0.3 is 0 Å². The summed E-state index contributed by atoms with van der Waals surface area (Å²) in [5.41, 5.74) is 0.380. The van der Waals surface area contributed by atoms with Crippen molar-refractivity contribution in [3.63, 3.8) is 0 Å². The van der Waals surface area contributed by atoms with Crippen molar-refractivity contribution in [2.75, 3.05) is 5.88 Å². The summed E-state index contributed by atoms with van der Waals surface area (Å²) in [5.74, 6) is 0.229. The van der Waals surface area contributed by atoms with Gasteiger partial charge in [-0.1, -0.05) is 12.2 Å². The van der Waals surface area contributed by atoms with Gasteiger partial charge in [0.05, 0.1) is 0 Å².